The summed E-state index contributed by atoms with van der Waals surface area (Å²) in [6.07, 6.45) is 0.633. The lowest BCUT2D eigenvalue weighted by atomic mass is 9.93. The van der Waals surface area contributed by atoms with Gasteiger partial charge in [0, 0.05) is 17.4 Å². The number of hydrogen-bond acceptors (Lipinski definition) is 5. The van der Waals surface area contributed by atoms with Crippen molar-refractivity contribution in [3.8, 4) is 5.75 Å². The lowest BCUT2D eigenvalue weighted by Gasteiger charge is -2.14. The largest absolute Gasteiger partial charge is 0.482 e. The number of fused-ring (bicyclic) bond motifs is 1. The fraction of sp³-hybridized carbons (Fsp3) is 0.304. The molecule has 0 saturated heterocycles. The van der Waals surface area contributed by atoms with Crippen molar-refractivity contribution in [1.82, 2.24) is 0 Å². The molecule has 0 N–H and O–H groups in total. The van der Waals surface area contributed by atoms with Crippen LogP contribution in [0.1, 0.15) is 46.7 Å². The Morgan fingerprint density at radius 2 is 1.75 bits per heavy atom. The summed E-state index contributed by atoms with van der Waals surface area (Å²) < 4.78 is 16.3. The number of para-hydroxylation sites is 1. The third kappa shape index (κ3) is 3.65. The van der Waals surface area contributed by atoms with Crippen LogP contribution in [0.15, 0.2) is 40.8 Å². The SMILES string of the molecule is CCOC(=O)COc1ccc(C(=O)c2c(CC)oc3ccccc23)c(C)c1C. The van der Waals surface area contributed by atoms with E-state index in [-0.39, 0.29) is 12.4 Å². The Balaban J connectivity index is 1.95. The van der Waals surface area contributed by atoms with Gasteiger partial charge in [0.15, 0.2) is 12.4 Å². The second kappa shape index (κ2) is 8.30. The maximum atomic E-state index is 13.4. The van der Waals surface area contributed by atoms with Crippen LogP contribution in [0.2, 0.25) is 0 Å². The van der Waals surface area contributed by atoms with Crippen molar-refractivity contribution in [3.63, 3.8) is 0 Å². The normalized spacial score (nSPS) is 10.9. The third-order valence-corrected chi connectivity index (χ3v) is 4.85. The van der Waals surface area contributed by atoms with Gasteiger partial charge in [0.05, 0.1) is 12.2 Å². The standard InChI is InChI=1S/C23H24O5/c1-5-18-22(17-9-7-8-10-20(17)28-18)23(25)16-11-12-19(15(4)14(16)3)27-13-21(24)26-6-2/h7-12H,5-6,13H2,1-4H3. The van der Waals surface area contributed by atoms with Crippen molar-refractivity contribution in [3.05, 3.63) is 64.4 Å². The number of aryl methyl sites for hydroxylation is 1. The first-order valence-corrected chi connectivity index (χ1v) is 9.41. The number of ketones is 1. The van der Waals surface area contributed by atoms with Crippen molar-refractivity contribution >= 4 is 22.7 Å². The molecule has 28 heavy (non-hydrogen) atoms. The summed E-state index contributed by atoms with van der Waals surface area (Å²) in [6, 6.07) is 11.0. The first kappa shape index (κ1) is 19.7. The van der Waals surface area contributed by atoms with Gasteiger partial charge < -0.3 is 13.9 Å². The molecule has 5 heteroatoms. The number of rotatable bonds is 7. The summed E-state index contributed by atoms with van der Waals surface area (Å²) >= 11 is 0. The van der Waals surface area contributed by atoms with E-state index in [0.717, 1.165) is 16.5 Å². The minimum absolute atomic E-state index is 0.0701. The molecule has 0 aliphatic heterocycles. The Morgan fingerprint density at radius 3 is 2.46 bits per heavy atom. The molecule has 1 heterocycles. The van der Waals surface area contributed by atoms with Gasteiger partial charge in [-0.3, -0.25) is 4.79 Å². The zero-order chi connectivity index (χ0) is 20.3. The van der Waals surface area contributed by atoms with E-state index >= 15 is 0 Å². The smallest absolute Gasteiger partial charge is 0.344 e. The Bertz CT molecular complexity index is 1030. The Hall–Kier alpha value is -3.08. The number of furan rings is 1. The van der Waals surface area contributed by atoms with Gasteiger partial charge in [0.2, 0.25) is 0 Å². The minimum Gasteiger partial charge on any atom is -0.482 e. The van der Waals surface area contributed by atoms with Crippen LogP contribution in [-0.4, -0.2) is 25.0 Å². The van der Waals surface area contributed by atoms with Gasteiger partial charge >= 0.3 is 5.97 Å². The average Bonchev–Trinajstić information content (AvgIpc) is 3.07. The molecule has 0 amide bonds. The van der Waals surface area contributed by atoms with E-state index in [0.29, 0.717) is 41.2 Å². The highest BCUT2D eigenvalue weighted by Crippen LogP contribution is 2.31. The molecular formula is C23H24O5. The second-order valence-electron chi connectivity index (χ2n) is 6.53. The van der Waals surface area contributed by atoms with Gasteiger partial charge in [-0.1, -0.05) is 25.1 Å². The summed E-state index contributed by atoms with van der Waals surface area (Å²) in [5, 5.41) is 0.823. The summed E-state index contributed by atoms with van der Waals surface area (Å²) in [7, 11) is 0. The summed E-state index contributed by atoms with van der Waals surface area (Å²) in [4.78, 5) is 24.9. The van der Waals surface area contributed by atoms with Crippen molar-refractivity contribution < 1.29 is 23.5 Å². The zero-order valence-corrected chi connectivity index (χ0v) is 16.6. The molecule has 0 aliphatic rings. The molecule has 5 nitrogen and oxygen atoms in total. The van der Waals surface area contributed by atoms with E-state index in [2.05, 4.69) is 0 Å². The van der Waals surface area contributed by atoms with E-state index < -0.39 is 5.97 Å². The molecule has 0 aliphatic carbocycles. The molecule has 0 bridgehead atoms. The molecule has 3 aromatic rings. The Morgan fingerprint density at radius 1 is 1.00 bits per heavy atom. The van der Waals surface area contributed by atoms with E-state index in [9.17, 15) is 9.59 Å². The van der Waals surface area contributed by atoms with E-state index in [1.165, 1.54) is 0 Å². The van der Waals surface area contributed by atoms with Gasteiger partial charge in [0.25, 0.3) is 0 Å². The van der Waals surface area contributed by atoms with Crippen LogP contribution in [0.3, 0.4) is 0 Å². The number of ether oxygens (including phenoxy) is 2. The predicted molar refractivity (Wildman–Crippen MR) is 107 cm³/mol. The van der Waals surface area contributed by atoms with Crippen LogP contribution in [0.5, 0.6) is 5.75 Å². The molecule has 146 valence electrons. The Labute approximate surface area is 164 Å². The molecule has 0 saturated carbocycles. The van der Waals surface area contributed by atoms with Gasteiger partial charge in [-0.15, -0.1) is 0 Å². The number of carbonyl (C=O) groups excluding carboxylic acids is 2. The summed E-state index contributed by atoms with van der Waals surface area (Å²) in [5.41, 5.74) is 3.56. The molecular weight excluding hydrogens is 356 g/mol. The zero-order valence-electron chi connectivity index (χ0n) is 16.6. The molecule has 3 rings (SSSR count). The fourth-order valence-corrected chi connectivity index (χ4v) is 3.27. The van der Waals surface area contributed by atoms with Gasteiger partial charge in [0.1, 0.15) is 17.1 Å². The topological polar surface area (TPSA) is 65.7 Å². The lowest BCUT2D eigenvalue weighted by molar-refractivity contribution is -0.145. The van der Waals surface area contributed by atoms with Crippen LogP contribution in [0, 0.1) is 13.8 Å². The van der Waals surface area contributed by atoms with Crippen LogP contribution in [-0.2, 0) is 16.0 Å². The summed E-state index contributed by atoms with van der Waals surface area (Å²) in [5.74, 6) is 0.761. The van der Waals surface area contributed by atoms with Crippen molar-refractivity contribution in [2.24, 2.45) is 0 Å². The van der Waals surface area contributed by atoms with Crippen molar-refractivity contribution in [2.75, 3.05) is 13.2 Å². The monoisotopic (exact) mass is 380 g/mol. The molecule has 1 aromatic heterocycles. The van der Waals surface area contributed by atoms with E-state index in [1.807, 2.05) is 45.0 Å². The highest BCUT2D eigenvalue weighted by atomic mass is 16.6. The first-order valence-electron chi connectivity index (χ1n) is 9.41. The van der Waals surface area contributed by atoms with Crippen LogP contribution >= 0.6 is 0 Å². The lowest BCUT2D eigenvalue weighted by Crippen LogP contribution is -2.15. The fourth-order valence-electron chi connectivity index (χ4n) is 3.27. The van der Waals surface area contributed by atoms with Gasteiger partial charge in [-0.05, 0) is 50.1 Å². The first-order chi connectivity index (χ1) is 13.5. The van der Waals surface area contributed by atoms with Crippen molar-refractivity contribution in [2.45, 2.75) is 34.1 Å². The number of carbonyl (C=O) groups is 2. The average molecular weight is 380 g/mol. The molecule has 0 radical (unpaired) electrons. The highest BCUT2D eigenvalue weighted by Gasteiger charge is 2.23. The van der Waals surface area contributed by atoms with Gasteiger partial charge in [-0.25, -0.2) is 4.79 Å². The maximum absolute atomic E-state index is 13.4. The van der Waals surface area contributed by atoms with Crippen LogP contribution in [0.4, 0.5) is 0 Å². The Kier molecular flexibility index (Phi) is 5.83. The minimum atomic E-state index is -0.419. The molecule has 0 atom stereocenters. The summed E-state index contributed by atoms with van der Waals surface area (Å²) in [6.45, 7) is 7.63. The quantitative estimate of drug-likeness (QED) is 0.436. The second-order valence-corrected chi connectivity index (χ2v) is 6.53. The number of benzene rings is 2. The van der Waals surface area contributed by atoms with Crippen LogP contribution < -0.4 is 4.74 Å². The van der Waals surface area contributed by atoms with E-state index in [4.69, 9.17) is 13.9 Å². The maximum Gasteiger partial charge on any atom is 0.344 e. The van der Waals surface area contributed by atoms with Crippen LogP contribution in [0.25, 0.3) is 11.0 Å². The van der Waals surface area contributed by atoms with Crippen molar-refractivity contribution in [1.29, 1.82) is 0 Å². The molecule has 0 fully saturated rings. The molecule has 0 spiro atoms. The highest BCUT2D eigenvalue weighted by molar-refractivity contribution is 6.17. The molecule has 0 unspecified atom stereocenters. The molecule has 2 aromatic carbocycles. The van der Waals surface area contributed by atoms with E-state index in [1.54, 1.807) is 19.1 Å². The number of esters is 1. The third-order valence-electron chi connectivity index (χ3n) is 4.85. The van der Waals surface area contributed by atoms with Gasteiger partial charge in [-0.2, -0.15) is 0 Å². The predicted octanol–water partition coefficient (Wildman–Crippen LogP) is 4.78. The number of hydrogen-bond donors (Lipinski definition) is 0.